The summed E-state index contributed by atoms with van der Waals surface area (Å²) in [6, 6.07) is 15.4. The molecule has 2 aromatic heterocycles. The molecule has 178 valence electrons. The van der Waals surface area contributed by atoms with Crippen LogP contribution in [0.2, 0.25) is 0 Å². The molecule has 0 aliphatic rings. The second-order valence-corrected chi connectivity index (χ2v) is 7.62. The van der Waals surface area contributed by atoms with Gasteiger partial charge in [-0.15, -0.1) is 0 Å². The lowest BCUT2D eigenvalue weighted by atomic mass is 10.1. The van der Waals surface area contributed by atoms with E-state index in [1.807, 2.05) is 24.3 Å². The molecule has 0 aliphatic carbocycles. The molecular formula is C25H23N5O5. The predicted octanol–water partition coefficient (Wildman–Crippen LogP) is 3.03. The number of fused-ring (bicyclic) bond motifs is 1. The number of amides is 2. The SMILES string of the molecule is CCc1ccc(-c2ccnc3cc(C(=O)Nc4ccc(C(=O)NCC(=O)O)cc4)nn23)cc1OC. The molecule has 0 saturated heterocycles. The Kier molecular flexibility index (Phi) is 6.72. The molecule has 0 bridgehead atoms. The van der Waals surface area contributed by atoms with Gasteiger partial charge in [0, 0.05) is 29.1 Å². The van der Waals surface area contributed by atoms with Gasteiger partial charge in [0.05, 0.1) is 12.8 Å². The molecule has 4 rings (SSSR count). The minimum absolute atomic E-state index is 0.172. The van der Waals surface area contributed by atoms with Crippen LogP contribution in [0.1, 0.15) is 33.3 Å². The fourth-order valence-electron chi connectivity index (χ4n) is 3.58. The molecule has 2 aromatic carbocycles. The first-order valence-electron chi connectivity index (χ1n) is 10.8. The highest BCUT2D eigenvalue weighted by Gasteiger charge is 2.16. The van der Waals surface area contributed by atoms with Gasteiger partial charge in [0.2, 0.25) is 0 Å². The Morgan fingerprint density at radius 2 is 1.80 bits per heavy atom. The molecule has 35 heavy (non-hydrogen) atoms. The highest BCUT2D eigenvalue weighted by Crippen LogP contribution is 2.28. The highest BCUT2D eigenvalue weighted by molar-refractivity contribution is 6.04. The van der Waals surface area contributed by atoms with Crippen LogP contribution >= 0.6 is 0 Å². The molecule has 0 saturated carbocycles. The van der Waals surface area contributed by atoms with Crippen molar-refractivity contribution in [2.45, 2.75) is 13.3 Å². The molecule has 3 N–H and O–H groups in total. The molecule has 4 aromatic rings. The Morgan fingerprint density at radius 1 is 1.03 bits per heavy atom. The Labute approximate surface area is 200 Å². The van der Waals surface area contributed by atoms with Crippen LogP contribution in [0.3, 0.4) is 0 Å². The average molecular weight is 473 g/mol. The molecule has 0 unspecified atom stereocenters. The predicted molar refractivity (Wildman–Crippen MR) is 129 cm³/mol. The number of aromatic nitrogens is 3. The van der Waals surface area contributed by atoms with E-state index in [0.29, 0.717) is 11.3 Å². The second-order valence-electron chi connectivity index (χ2n) is 7.62. The molecule has 0 atom stereocenters. The Balaban J connectivity index is 1.55. The number of benzene rings is 2. The monoisotopic (exact) mass is 473 g/mol. The minimum atomic E-state index is -1.13. The summed E-state index contributed by atoms with van der Waals surface area (Å²) in [6.07, 6.45) is 2.50. The maximum atomic E-state index is 12.8. The fraction of sp³-hybridized carbons (Fsp3) is 0.160. The van der Waals surface area contributed by atoms with Gasteiger partial charge in [0.1, 0.15) is 12.3 Å². The smallest absolute Gasteiger partial charge is 0.322 e. The first kappa shape index (κ1) is 23.4. The number of hydrogen-bond donors (Lipinski definition) is 3. The van der Waals surface area contributed by atoms with Crippen molar-refractivity contribution in [2.24, 2.45) is 0 Å². The van der Waals surface area contributed by atoms with Crippen LogP contribution in [0.15, 0.2) is 60.8 Å². The summed E-state index contributed by atoms with van der Waals surface area (Å²) in [5, 5.41) is 18.1. The van der Waals surface area contributed by atoms with Crippen LogP contribution in [0.5, 0.6) is 5.75 Å². The van der Waals surface area contributed by atoms with Crippen molar-refractivity contribution in [1.82, 2.24) is 19.9 Å². The third kappa shape index (κ3) is 5.11. The molecule has 0 aliphatic heterocycles. The number of aliphatic carboxylic acids is 1. The third-order valence-electron chi connectivity index (χ3n) is 5.36. The second kappa shape index (κ2) is 10.0. The van der Waals surface area contributed by atoms with E-state index in [1.54, 1.807) is 36.0 Å². The van der Waals surface area contributed by atoms with Gasteiger partial charge in [0.15, 0.2) is 11.3 Å². The molecule has 10 nitrogen and oxygen atoms in total. The Morgan fingerprint density at radius 3 is 2.49 bits per heavy atom. The molecule has 2 heterocycles. The number of carboxylic acid groups (broad SMARTS) is 1. The van der Waals surface area contributed by atoms with Crippen molar-refractivity contribution in [3.8, 4) is 17.0 Å². The maximum absolute atomic E-state index is 12.8. The molecule has 0 fully saturated rings. The lowest BCUT2D eigenvalue weighted by molar-refractivity contribution is -0.135. The maximum Gasteiger partial charge on any atom is 0.322 e. The minimum Gasteiger partial charge on any atom is -0.496 e. The first-order chi connectivity index (χ1) is 16.9. The Hall–Kier alpha value is -4.73. The number of carbonyl (C=O) groups excluding carboxylic acids is 2. The van der Waals surface area contributed by atoms with Gasteiger partial charge in [-0.05, 0) is 48.4 Å². The summed E-state index contributed by atoms with van der Waals surface area (Å²) < 4.78 is 7.11. The number of carboxylic acids is 1. The largest absolute Gasteiger partial charge is 0.496 e. The van der Waals surface area contributed by atoms with Crippen LogP contribution in [0, 0.1) is 0 Å². The van der Waals surface area contributed by atoms with Crippen molar-refractivity contribution in [2.75, 3.05) is 19.0 Å². The normalized spacial score (nSPS) is 10.7. The van der Waals surface area contributed by atoms with E-state index in [1.165, 1.54) is 12.1 Å². The lowest BCUT2D eigenvalue weighted by Gasteiger charge is -2.10. The van der Waals surface area contributed by atoms with Crippen LogP contribution in [0.4, 0.5) is 5.69 Å². The number of nitrogens with one attached hydrogen (secondary N) is 2. The summed E-state index contributed by atoms with van der Waals surface area (Å²) in [5.41, 5.74) is 4.13. The van der Waals surface area contributed by atoms with E-state index in [-0.39, 0.29) is 11.3 Å². The van der Waals surface area contributed by atoms with Crippen molar-refractivity contribution < 1.29 is 24.2 Å². The van der Waals surface area contributed by atoms with Crippen molar-refractivity contribution in [1.29, 1.82) is 0 Å². The van der Waals surface area contributed by atoms with E-state index >= 15 is 0 Å². The van der Waals surface area contributed by atoms with E-state index in [2.05, 4.69) is 27.6 Å². The first-order valence-corrected chi connectivity index (χ1v) is 10.8. The zero-order chi connectivity index (χ0) is 24.9. The molecule has 0 radical (unpaired) electrons. The summed E-state index contributed by atoms with van der Waals surface area (Å²) >= 11 is 0. The van der Waals surface area contributed by atoms with Crippen LogP contribution in [0.25, 0.3) is 16.9 Å². The number of carbonyl (C=O) groups is 3. The summed E-state index contributed by atoms with van der Waals surface area (Å²) in [6.45, 7) is 1.58. The molecular weight excluding hydrogens is 450 g/mol. The van der Waals surface area contributed by atoms with Crippen molar-refractivity contribution >= 4 is 29.1 Å². The number of rotatable bonds is 8. The lowest BCUT2D eigenvalue weighted by Crippen LogP contribution is -2.29. The fourth-order valence-corrected chi connectivity index (χ4v) is 3.58. The number of ether oxygens (including phenoxy) is 1. The summed E-state index contributed by atoms with van der Waals surface area (Å²) in [5.74, 6) is -1.32. The van der Waals surface area contributed by atoms with Crippen LogP contribution in [-0.2, 0) is 11.2 Å². The standard InChI is InChI=1S/C25H23N5O5/c1-3-15-4-5-17(12-21(15)35-2)20-10-11-26-22-13-19(29-30(20)22)25(34)28-18-8-6-16(7-9-18)24(33)27-14-23(31)32/h4-13H,3,14H2,1-2H3,(H,27,33)(H,28,34)(H,31,32). The van der Waals surface area contributed by atoms with E-state index in [4.69, 9.17) is 9.84 Å². The van der Waals surface area contributed by atoms with Gasteiger partial charge in [-0.2, -0.15) is 5.10 Å². The van der Waals surface area contributed by atoms with E-state index < -0.39 is 24.3 Å². The zero-order valence-corrected chi connectivity index (χ0v) is 19.1. The number of methoxy groups -OCH3 is 1. The molecule has 2 amide bonds. The van der Waals surface area contributed by atoms with E-state index in [9.17, 15) is 14.4 Å². The summed E-state index contributed by atoms with van der Waals surface area (Å²) in [7, 11) is 1.63. The van der Waals surface area contributed by atoms with Gasteiger partial charge in [-0.1, -0.05) is 19.1 Å². The van der Waals surface area contributed by atoms with Crippen LogP contribution in [-0.4, -0.2) is 51.1 Å². The number of hydrogen-bond acceptors (Lipinski definition) is 6. The molecule has 10 heteroatoms. The van der Waals surface area contributed by atoms with Crippen molar-refractivity contribution in [3.05, 3.63) is 77.6 Å². The zero-order valence-electron chi connectivity index (χ0n) is 19.1. The van der Waals surface area contributed by atoms with Gasteiger partial charge in [-0.3, -0.25) is 14.4 Å². The highest BCUT2D eigenvalue weighted by atomic mass is 16.5. The van der Waals surface area contributed by atoms with Crippen molar-refractivity contribution in [3.63, 3.8) is 0 Å². The van der Waals surface area contributed by atoms with E-state index in [0.717, 1.165) is 29.0 Å². The number of nitrogens with zero attached hydrogens (tertiary/aromatic N) is 3. The van der Waals surface area contributed by atoms with Crippen LogP contribution < -0.4 is 15.4 Å². The van der Waals surface area contributed by atoms with Gasteiger partial charge in [0.25, 0.3) is 11.8 Å². The van der Waals surface area contributed by atoms with Gasteiger partial charge >= 0.3 is 5.97 Å². The number of aryl methyl sites for hydroxylation is 1. The third-order valence-corrected chi connectivity index (χ3v) is 5.36. The Bertz CT molecular complexity index is 1410. The van der Waals surface area contributed by atoms with Gasteiger partial charge < -0.3 is 20.5 Å². The summed E-state index contributed by atoms with van der Waals surface area (Å²) in [4.78, 5) is 39.7. The number of anilines is 1. The molecule has 0 spiro atoms. The topological polar surface area (TPSA) is 135 Å². The quantitative estimate of drug-likeness (QED) is 0.358. The van der Waals surface area contributed by atoms with Gasteiger partial charge in [-0.25, -0.2) is 9.50 Å². The average Bonchev–Trinajstić information content (AvgIpc) is 3.32.